The van der Waals surface area contributed by atoms with Gasteiger partial charge in [-0.2, -0.15) is 0 Å². The SMILES string of the molecule is NS(=O)(=O)c1ccc(C2=C(C3CCC(F)CC3)CCC2)cc1. The van der Waals surface area contributed by atoms with E-state index in [1.165, 1.54) is 11.1 Å². The molecule has 2 aliphatic rings. The zero-order valence-electron chi connectivity index (χ0n) is 12.6. The molecule has 0 spiro atoms. The van der Waals surface area contributed by atoms with Crippen molar-refractivity contribution in [3.05, 3.63) is 35.4 Å². The standard InChI is InChI=1S/C17H22FNO2S/c18-14-8-4-12(5-9-14)16-2-1-3-17(16)13-6-10-15(11-7-13)22(19,20)21/h6-7,10-12,14H,1-5,8-9H2,(H2,19,20,21). The van der Waals surface area contributed by atoms with Gasteiger partial charge in [-0.3, -0.25) is 0 Å². The van der Waals surface area contributed by atoms with Crippen molar-refractivity contribution in [2.45, 2.75) is 56.0 Å². The number of sulfonamides is 1. The van der Waals surface area contributed by atoms with E-state index in [2.05, 4.69) is 0 Å². The van der Waals surface area contributed by atoms with E-state index in [1.807, 2.05) is 12.1 Å². The maximum absolute atomic E-state index is 13.3. The van der Waals surface area contributed by atoms with Gasteiger partial charge in [0.2, 0.25) is 10.0 Å². The van der Waals surface area contributed by atoms with Crippen LogP contribution >= 0.6 is 0 Å². The Morgan fingerprint density at radius 1 is 1.00 bits per heavy atom. The summed E-state index contributed by atoms with van der Waals surface area (Å²) in [5.41, 5.74) is 3.89. The Balaban J connectivity index is 1.87. The quantitative estimate of drug-likeness (QED) is 0.919. The first kappa shape index (κ1) is 15.7. The van der Waals surface area contributed by atoms with Crippen LogP contribution in [0.1, 0.15) is 50.5 Å². The molecule has 3 rings (SSSR count). The van der Waals surface area contributed by atoms with Gasteiger partial charge in [-0.25, -0.2) is 17.9 Å². The summed E-state index contributed by atoms with van der Waals surface area (Å²) in [6, 6.07) is 6.85. The normalized spacial score (nSPS) is 26.5. The highest BCUT2D eigenvalue weighted by Crippen LogP contribution is 2.43. The summed E-state index contributed by atoms with van der Waals surface area (Å²) in [5.74, 6) is 0.502. The largest absolute Gasteiger partial charge is 0.247 e. The molecule has 0 amide bonds. The second-order valence-electron chi connectivity index (χ2n) is 6.38. The molecule has 0 radical (unpaired) electrons. The first-order valence-corrected chi connectivity index (χ1v) is 9.49. The lowest BCUT2D eigenvalue weighted by atomic mass is 9.80. The van der Waals surface area contributed by atoms with Crippen LogP contribution in [0.5, 0.6) is 0 Å². The highest BCUT2D eigenvalue weighted by molar-refractivity contribution is 7.89. The number of benzene rings is 1. The first-order valence-electron chi connectivity index (χ1n) is 7.94. The molecule has 5 heteroatoms. The maximum Gasteiger partial charge on any atom is 0.238 e. The van der Waals surface area contributed by atoms with Gasteiger partial charge >= 0.3 is 0 Å². The molecule has 0 heterocycles. The van der Waals surface area contributed by atoms with Crippen molar-refractivity contribution in [1.29, 1.82) is 0 Å². The molecule has 0 saturated heterocycles. The van der Waals surface area contributed by atoms with Gasteiger partial charge in [-0.05, 0) is 74.1 Å². The average Bonchev–Trinajstić information content (AvgIpc) is 2.97. The lowest BCUT2D eigenvalue weighted by Crippen LogP contribution is -2.16. The van der Waals surface area contributed by atoms with Gasteiger partial charge in [0.15, 0.2) is 0 Å². The summed E-state index contributed by atoms with van der Waals surface area (Å²) >= 11 is 0. The Bertz CT molecular complexity index is 671. The van der Waals surface area contributed by atoms with Gasteiger partial charge < -0.3 is 0 Å². The molecule has 0 atom stereocenters. The van der Waals surface area contributed by atoms with Gasteiger partial charge in [0.25, 0.3) is 0 Å². The second kappa shape index (κ2) is 6.13. The van der Waals surface area contributed by atoms with Gasteiger partial charge in [0.1, 0.15) is 6.17 Å². The molecule has 22 heavy (non-hydrogen) atoms. The first-order chi connectivity index (χ1) is 10.4. The topological polar surface area (TPSA) is 60.2 Å². The molecular weight excluding hydrogens is 301 g/mol. The van der Waals surface area contributed by atoms with E-state index < -0.39 is 16.2 Å². The number of nitrogens with two attached hydrogens (primary N) is 1. The number of alkyl halides is 1. The van der Waals surface area contributed by atoms with Crippen LogP contribution in [0, 0.1) is 5.92 Å². The van der Waals surface area contributed by atoms with Crippen molar-refractivity contribution in [3.63, 3.8) is 0 Å². The molecule has 0 aromatic heterocycles. The summed E-state index contributed by atoms with van der Waals surface area (Å²) in [6.07, 6.45) is 5.85. The molecule has 1 fully saturated rings. The van der Waals surface area contributed by atoms with Crippen LogP contribution in [-0.2, 0) is 10.0 Å². The Morgan fingerprint density at radius 3 is 2.23 bits per heavy atom. The molecule has 0 bridgehead atoms. The van der Waals surface area contributed by atoms with E-state index >= 15 is 0 Å². The van der Waals surface area contributed by atoms with Crippen molar-refractivity contribution in [2.75, 3.05) is 0 Å². The van der Waals surface area contributed by atoms with Gasteiger partial charge in [0, 0.05) is 0 Å². The van der Waals surface area contributed by atoms with Crippen LogP contribution in [0.2, 0.25) is 0 Å². The number of rotatable bonds is 3. The summed E-state index contributed by atoms with van der Waals surface area (Å²) in [7, 11) is -3.64. The van der Waals surface area contributed by atoms with E-state index in [-0.39, 0.29) is 4.90 Å². The maximum atomic E-state index is 13.3. The third-order valence-electron chi connectivity index (χ3n) is 4.94. The highest BCUT2D eigenvalue weighted by atomic mass is 32.2. The molecule has 1 saturated carbocycles. The molecule has 3 nitrogen and oxygen atoms in total. The van der Waals surface area contributed by atoms with E-state index in [9.17, 15) is 12.8 Å². The van der Waals surface area contributed by atoms with Gasteiger partial charge in [-0.1, -0.05) is 17.7 Å². The monoisotopic (exact) mass is 323 g/mol. The zero-order valence-corrected chi connectivity index (χ0v) is 13.4. The van der Waals surface area contributed by atoms with Crippen molar-refractivity contribution in [1.82, 2.24) is 0 Å². The Morgan fingerprint density at radius 2 is 1.64 bits per heavy atom. The van der Waals surface area contributed by atoms with E-state index in [1.54, 1.807) is 12.1 Å². The van der Waals surface area contributed by atoms with Crippen LogP contribution in [-0.4, -0.2) is 14.6 Å². The summed E-state index contributed by atoms with van der Waals surface area (Å²) in [4.78, 5) is 0.148. The predicted octanol–water partition coefficient (Wildman–Crippen LogP) is 3.80. The third-order valence-corrected chi connectivity index (χ3v) is 5.87. The average molecular weight is 323 g/mol. The number of halogens is 1. The predicted molar refractivity (Wildman–Crippen MR) is 85.4 cm³/mol. The fourth-order valence-corrected chi connectivity index (χ4v) is 4.31. The Labute approximate surface area is 131 Å². The minimum Gasteiger partial charge on any atom is -0.247 e. The zero-order chi connectivity index (χ0) is 15.7. The minimum atomic E-state index is -3.64. The molecule has 1 aromatic carbocycles. The fourth-order valence-electron chi connectivity index (χ4n) is 3.79. The summed E-state index contributed by atoms with van der Waals surface area (Å²) in [6.45, 7) is 0. The van der Waals surface area contributed by atoms with E-state index in [0.29, 0.717) is 18.8 Å². The highest BCUT2D eigenvalue weighted by Gasteiger charge is 2.28. The van der Waals surface area contributed by atoms with Crippen LogP contribution in [0.4, 0.5) is 4.39 Å². The van der Waals surface area contributed by atoms with Crippen molar-refractivity contribution >= 4 is 15.6 Å². The lowest BCUT2D eigenvalue weighted by Gasteiger charge is -2.26. The number of hydrogen-bond acceptors (Lipinski definition) is 2. The van der Waals surface area contributed by atoms with Crippen LogP contribution < -0.4 is 5.14 Å². The van der Waals surface area contributed by atoms with Crippen molar-refractivity contribution in [2.24, 2.45) is 11.1 Å². The number of hydrogen-bond donors (Lipinski definition) is 1. The molecule has 0 unspecified atom stereocenters. The lowest BCUT2D eigenvalue weighted by molar-refractivity contribution is 0.221. The van der Waals surface area contributed by atoms with E-state index in [4.69, 9.17) is 5.14 Å². The Kier molecular flexibility index (Phi) is 4.37. The van der Waals surface area contributed by atoms with Crippen LogP contribution in [0.25, 0.3) is 5.57 Å². The Hall–Kier alpha value is -1.20. The minimum absolute atomic E-state index is 0.148. The summed E-state index contributed by atoms with van der Waals surface area (Å²) in [5, 5.41) is 5.14. The van der Waals surface area contributed by atoms with Crippen LogP contribution in [0.3, 0.4) is 0 Å². The molecule has 120 valence electrons. The molecular formula is C17H22FNO2S. The second-order valence-corrected chi connectivity index (χ2v) is 7.94. The molecule has 2 aliphatic carbocycles. The molecule has 2 N–H and O–H groups in total. The van der Waals surface area contributed by atoms with Crippen molar-refractivity contribution < 1.29 is 12.8 Å². The van der Waals surface area contributed by atoms with Gasteiger partial charge in [0.05, 0.1) is 4.90 Å². The van der Waals surface area contributed by atoms with Gasteiger partial charge in [-0.15, -0.1) is 0 Å². The van der Waals surface area contributed by atoms with E-state index in [0.717, 1.165) is 37.7 Å². The fraction of sp³-hybridized carbons (Fsp3) is 0.529. The molecule has 0 aliphatic heterocycles. The third kappa shape index (κ3) is 3.25. The van der Waals surface area contributed by atoms with Crippen molar-refractivity contribution in [3.8, 4) is 0 Å². The number of allylic oxidation sites excluding steroid dienone is 2. The summed E-state index contributed by atoms with van der Waals surface area (Å²) < 4.78 is 36.0. The molecule has 1 aromatic rings. The van der Waals surface area contributed by atoms with Crippen LogP contribution in [0.15, 0.2) is 34.7 Å². The number of primary sulfonamides is 1. The smallest absolute Gasteiger partial charge is 0.238 e.